The van der Waals surface area contributed by atoms with E-state index in [1.807, 2.05) is 12.3 Å². The predicted molar refractivity (Wildman–Crippen MR) is 59.6 cm³/mol. The fraction of sp³-hybridized carbons (Fsp3) is 0.300. The molecule has 2 N–H and O–H groups in total. The third kappa shape index (κ3) is 2.14. The van der Waals surface area contributed by atoms with Crippen molar-refractivity contribution in [3.63, 3.8) is 0 Å². The van der Waals surface area contributed by atoms with Gasteiger partial charge in [-0.3, -0.25) is 4.79 Å². The molecule has 14 heavy (non-hydrogen) atoms. The lowest BCUT2D eigenvalue weighted by atomic mass is 10.2. The molecule has 1 rings (SSSR count). The van der Waals surface area contributed by atoms with Gasteiger partial charge >= 0.3 is 0 Å². The van der Waals surface area contributed by atoms with Gasteiger partial charge in [0.15, 0.2) is 0 Å². The Labute approximate surface area is 87.1 Å². The molecular formula is C10H13NO2S. The fourth-order valence-electron chi connectivity index (χ4n) is 1.04. The molecule has 1 aromatic heterocycles. The van der Waals surface area contributed by atoms with E-state index in [9.17, 15) is 9.90 Å². The highest BCUT2D eigenvalue weighted by molar-refractivity contribution is 7.11. The molecule has 0 aliphatic carbocycles. The Kier molecular flexibility index (Phi) is 3.30. The molecular weight excluding hydrogens is 198 g/mol. The van der Waals surface area contributed by atoms with Crippen LogP contribution in [0.15, 0.2) is 12.0 Å². The number of rotatable bonds is 3. The van der Waals surface area contributed by atoms with Gasteiger partial charge in [-0.15, -0.1) is 11.3 Å². The van der Waals surface area contributed by atoms with Gasteiger partial charge in [0.2, 0.25) is 5.91 Å². The van der Waals surface area contributed by atoms with Crippen molar-refractivity contribution in [2.24, 2.45) is 0 Å². The van der Waals surface area contributed by atoms with Crippen LogP contribution in [-0.4, -0.2) is 11.0 Å². The van der Waals surface area contributed by atoms with Gasteiger partial charge in [-0.25, -0.2) is 0 Å². The maximum atomic E-state index is 11.2. The highest BCUT2D eigenvalue weighted by Gasteiger charge is 2.12. The molecule has 0 radical (unpaired) electrons. The largest absolute Gasteiger partial charge is 0.507 e. The summed E-state index contributed by atoms with van der Waals surface area (Å²) >= 11 is 1.37. The highest BCUT2D eigenvalue weighted by atomic mass is 32.1. The van der Waals surface area contributed by atoms with Crippen LogP contribution >= 0.6 is 11.3 Å². The van der Waals surface area contributed by atoms with Crippen LogP contribution in [-0.2, 0) is 4.79 Å². The molecule has 1 amide bonds. The number of hydrogen-bond acceptors (Lipinski definition) is 3. The molecule has 0 saturated carbocycles. The third-order valence-electron chi connectivity index (χ3n) is 1.82. The van der Waals surface area contributed by atoms with E-state index in [4.69, 9.17) is 0 Å². The molecule has 0 saturated heterocycles. The smallest absolute Gasteiger partial charge is 0.224 e. The number of thiophene rings is 1. The second kappa shape index (κ2) is 4.28. The van der Waals surface area contributed by atoms with Crippen LogP contribution in [0.25, 0.3) is 5.76 Å². The number of nitrogens with one attached hydrogen (secondary N) is 1. The summed E-state index contributed by atoms with van der Waals surface area (Å²) < 4.78 is 0. The first kappa shape index (κ1) is 10.8. The summed E-state index contributed by atoms with van der Waals surface area (Å²) in [5.74, 6) is -0.0662. The van der Waals surface area contributed by atoms with E-state index in [-0.39, 0.29) is 11.7 Å². The average molecular weight is 211 g/mol. The van der Waals surface area contributed by atoms with Gasteiger partial charge in [0.05, 0.1) is 10.6 Å². The Bertz CT molecular complexity index is 368. The van der Waals surface area contributed by atoms with Crippen molar-refractivity contribution in [3.05, 3.63) is 22.4 Å². The number of carbonyl (C=O) groups is 1. The zero-order chi connectivity index (χ0) is 10.7. The lowest BCUT2D eigenvalue weighted by Gasteiger charge is -2.05. The lowest BCUT2D eigenvalue weighted by molar-refractivity contribution is -0.115. The molecule has 1 heterocycles. The van der Waals surface area contributed by atoms with Gasteiger partial charge in [0.25, 0.3) is 0 Å². The first-order chi connectivity index (χ1) is 6.56. The summed E-state index contributed by atoms with van der Waals surface area (Å²) in [6.45, 7) is 7.11. The van der Waals surface area contributed by atoms with E-state index in [0.717, 1.165) is 5.56 Å². The van der Waals surface area contributed by atoms with E-state index in [1.54, 1.807) is 6.92 Å². The van der Waals surface area contributed by atoms with Crippen molar-refractivity contribution in [2.75, 3.05) is 5.32 Å². The number of carbonyl (C=O) groups excluding carboxylic acids is 1. The van der Waals surface area contributed by atoms with Crippen molar-refractivity contribution < 1.29 is 9.90 Å². The quantitative estimate of drug-likeness (QED) is 0.755. The van der Waals surface area contributed by atoms with Gasteiger partial charge in [0, 0.05) is 6.42 Å². The van der Waals surface area contributed by atoms with Crippen molar-refractivity contribution >= 4 is 28.7 Å². The number of anilines is 1. The highest BCUT2D eigenvalue weighted by Crippen LogP contribution is 2.31. The molecule has 0 aliphatic heterocycles. The third-order valence-corrected chi connectivity index (χ3v) is 2.97. The minimum absolute atomic E-state index is 0.00509. The summed E-state index contributed by atoms with van der Waals surface area (Å²) in [4.78, 5) is 11.8. The lowest BCUT2D eigenvalue weighted by Crippen LogP contribution is -2.10. The first-order valence-electron chi connectivity index (χ1n) is 4.32. The normalized spacial score (nSPS) is 9.86. The van der Waals surface area contributed by atoms with Gasteiger partial charge in [-0.2, -0.15) is 0 Å². The van der Waals surface area contributed by atoms with Crippen LogP contribution in [0.1, 0.15) is 23.8 Å². The first-order valence-corrected chi connectivity index (χ1v) is 5.20. The SMILES string of the molecule is C=C(O)c1scc(C)c1NC(=O)CC. The number of aryl methyl sites for hydroxylation is 1. The Balaban J connectivity index is 2.99. The summed E-state index contributed by atoms with van der Waals surface area (Å²) in [6, 6.07) is 0. The Hall–Kier alpha value is -1.29. The maximum absolute atomic E-state index is 11.2. The summed E-state index contributed by atoms with van der Waals surface area (Å²) in [6.07, 6.45) is 0.423. The standard InChI is InChI=1S/C10H13NO2S/c1-4-8(13)11-9-6(2)5-14-10(9)7(3)12/h5,12H,3-4H2,1-2H3,(H,11,13). The van der Waals surface area contributed by atoms with Crippen LogP contribution in [0, 0.1) is 6.92 Å². The van der Waals surface area contributed by atoms with E-state index >= 15 is 0 Å². The van der Waals surface area contributed by atoms with Crippen molar-refractivity contribution in [1.82, 2.24) is 0 Å². The molecule has 4 heteroatoms. The molecule has 0 aliphatic rings. The fourth-order valence-corrected chi connectivity index (χ4v) is 1.92. The maximum Gasteiger partial charge on any atom is 0.224 e. The van der Waals surface area contributed by atoms with E-state index < -0.39 is 0 Å². The van der Waals surface area contributed by atoms with Crippen LogP contribution in [0.5, 0.6) is 0 Å². The molecule has 0 bridgehead atoms. The molecule has 3 nitrogen and oxygen atoms in total. The van der Waals surface area contributed by atoms with Crippen LogP contribution in [0.3, 0.4) is 0 Å². The number of hydrogen-bond donors (Lipinski definition) is 2. The zero-order valence-electron chi connectivity index (χ0n) is 8.26. The van der Waals surface area contributed by atoms with Crippen LogP contribution < -0.4 is 5.32 Å². The Morgan fingerprint density at radius 1 is 1.71 bits per heavy atom. The minimum atomic E-state index is -0.0611. The number of amides is 1. The van der Waals surface area contributed by atoms with Crippen molar-refractivity contribution in [1.29, 1.82) is 0 Å². The monoisotopic (exact) mass is 211 g/mol. The summed E-state index contributed by atoms with van der Waals surface area (Å²) in [7, 11) is 0. The van der Waals surface area contributed by atoms with E-state index in [0.29, 0.717) is 17.0 Å². The second-order valence-corrected chi connectivity index (χ2v) is 3.85. The molecule has 0 aromatic carbocycles. The molecule has 76 valence electrons. The number of aliphatic hydroxyl groups excluding tert-OH is 1. The average Bonchev–Trinajstić information content (AvgIpc) is 2.48. The van der Waals surface area contributed by atoms with E-state index in [2.05, 4.69) is 11.9 Å². The molecule has 0 atom stereocenters. The number of aliphatic hydroxyl groups is 1. The van der Waals surface area contributed by atoms with Crippen molar-refractivity contribution in [3.8, 4) is 0 Å². The van der Waals surface area contributed by atoms with Crippen LogP contribution in [0.4, 0.5) is 5.69 Å². The predicted octanol–water partition coefficient (Wildman–Crippen LogP) is 2.93. The zero-order valence-corrected chi connectivity index (χ0v) is 9.07. The summed E-state index contributed by atoms with van der Waals surface area (Å²) in [5.41, 5.74) is 1.62. The van der Waals surface area contributed by atoms with Gasteiger partial charge in [-0.05, 0) is 17.9 Å². The van der Waals surface area contributed by atoms with Gasteiger partial charge < -0.3 is 10.4 Å². The molecule has 0 unspecified atom stereocenters. The van der Waals surface area contributed by atoms with Crippen LogP contribution in [0.2, 0.25) is 0 Å². The Morgan fingerprint density at radius 2 is 2.36 bits per heavy atom. The molecule has 1 aromatic rings. The van der Waals surface area contributed by atoms with Gasteiger partial charge in [0.1, 0.15) is 5.76 Å². The molecule has 0 fully saturated rings. The second-order valence-electron chi connectivity index (χ2n) is 2.97. The van der Waals surface area contributed by atoms with Crippen molar-refractivity contribution in [2.45, 2.75) is 20.3 Å². The summed E-state index contributed by atoms with van der Waals surface area (Å²) in [5, 5.41) is 13.9. The van der Waals surface area contributed by atoms with Gasteiger partial charge in [-0.1, -0.05) is 13.5 Å². The minimum Gasteiger partial charge on any atom is -0.507 e. The Morgan fingerprint density at radius 3 is 2.86 bits per heavy atom. The topological polar surface area (TPSA) is 49.3 Å². The van der Waals surface area contributed by atoms with E-state index in [1.165, 1.54) is 11.3 Å². The molecule has 0 spiro atoms.